The van der Waals surface area contributed by atoms with Crippen LogP contribution < -0.4 is 20.1 Å². The molecule has 134 valence electrons. The topological polar surface area (TPSA) is 97.0 Å². The number of amides is 4. The molecule has 1 saturated heterocycles. The molecule has 1 fully saturated rings. The Morgan fingerprint density at radius 1 is 1.24 bits per heavy atom. The number of benzene rings is 1. The minimum atomic E-state index is -0.635. The van der Waals surface area contributed by atoms with Crippen LogP contribution in [0.4, 0.5) is 4.79 Å². The van der Waals surface area contributed by atoms with Crippen LogP contribution in [0.3, 0.4) is 0 Å². The van der Waals surface area contributed by atoms with E-state index < -0.39 is 12.1 Å². The zero-order valence-corrected chi connectivity index (χ0v) is 14.0. The number of nitrogens with zero attached hydrogens (tertiary/aromatic N) is 1. The third kappa shape index (κ3) is 4.01. The minimum Gasteiger partial charge on any atom is -0.486 e. The van der Waals surface area contributed by atoms with E-state index >= 15 is 0 Å². The molecule has 1 aromatic rings. The molecule has 0 aliphatic carbocycles. The molecule has 2 N–H and O–H groups in total. The van der Waals surface area contributed by atoms with Crippen molar-refractivity contribution in [3.63, 3.8) is 0 Å². The summed E-state index contributed by atoms with van der Waals surface area (Å²) in [5, 5.41) is 4.66. The fourth-order valence-electron chi connectivity index (χ4n) is 2.87. The average Bonchev–Trinajstić information content (AvgIpc) is 2.94. The Hall–Kier alpha value is -2.77. The van der Waals surface area contributed by atoms with Crippen molar-refractivity contribution in [2.24, 2.45) is 0 Å². The summed E-state index contributed by atoms with van der Waals surface area (Å²) < 4.78 is 11.1. The standard InChI is InChI=1S/C17H21N3O5/c1-2-20(15(21)6-4-12-16(22)19-17(23)18-12)10-11-3-5-13-14(9-11)25-8-7-24-13/h3,5,9,12H,2,4,6-8,10H2,1H3,(H2,18,19,22,23). The normalized spacial score (nSPS) is 18.5. The Morgan fingerprint density at radius 2 is 2.00 bits per heavy atom. The first kappa shape index (κ1) is 17.1. The van der Waals surface area contributed by atoms with Gasteiger partial charge in [-0.25, -0.2) is 4.79 Å². The van der Waals surface area contributed by atoms with Crippen LogP contribution in [0.5, 0.6) is 11.5 Å². The highest BCUT2D eigenvalue weighted by Crippen LogP contribution is 2.31. The third-order valence-corrected chi connectivity index (χ3v) is 4.22. The van der Waals surface area contributed by atoms with E-state index in [1.165, 1.54) is 0 Å². The van der Waals surface area contributed by atoms with Gasteiger partial charge < -0.3 is 19.7 Å². The molecule has 25 heavy (non-hydrogen) atoms. The lowest BCUT2D eigenvalue weighted by atomic mass is 10.1. The second kappa shape index (κ2) is 7.42. The van der Waals surface area contributed by atoms with Crippen molar-refractivity contribution < 1.29 is 23.9 Å². The first-order chi connectivity index (χ1) is 12.1. The number of ether oxygens (including phenoxy) is 2. The quantitative estimate of drug-likeness (QED) is 0.742. The molecule has 4 amide bonds. The molecule has 1 unspecified atom stereocenters. The highest BCUT2D eigenvalue weighted by atomic mass is 16.6. The van der Waals surface area contributed by atoms with Crippen LogP contribution in [0.1, 0.15) is 25.3 Å². The molecule has 8 heteroatoms. The number of hydrogen-bond donors (Lipinski definition) is 2. The second-order valence-corrected chi connectivity index (χ2v) is 5.94. The fourth-order valence-corrected chi connectivity index (χ4v) is 2.87. The number of carbonyl (C=O) groups is 3. The first-order valence-electron chi connectivity index (χ1n) is 8.34. The zero-order chi connectivity index (χ0) is 17.8. The summed E-state index contributed by atoms with van der Waals surface area (Å²) >= 11 is 0. The van der Waals surface area contributed by atoms with E-state index in [0.29, 0.717) is 37.8 Å². The maximum Gasteiger partial charge on any atom is 0.322 e. The van der Waals surface area contributed by atoms with Gasteiger partial charge in [0.1, 0.15) is 19.3 Å². The number of imide groups is 1. The predicted molar refractivity (Wildman–Crippen MR) is 88.2 cm³/mol. The molecule has 0 spiro atoms. The van der Waals surface area contributed by atoms with Crippen LogP contribution in [-0.2, 0) is 16.1 Å². The van der Waals surface area contributed by atoms with Gasteiger partial charge in [0.2, 0.25) is 5.91 Å². The van der Waals surface area contributed by atoms with Gasteiger partial charge in [0.25, 0.3) is 5.91 Å². The van der Waals surface area contributed by atoms with Crippen molar-refractivity contribution in [1.29, 1.82) is 0 Å². The number of carbonyl (C=O) groups excluding carboxylic acids is 3. The monoisotopic (exact) mass is 347 g/mol. The van der Waals surface area contributed by atoms with Gasteiger partial charge in [-0.15, -0.1) is 0 Å². The minimum absolute atomic E-state index is 0.0636. The third-order valence-electron chi connectivity index (χ3n) is 4.22. The maximum atomic E-state index is 12.4. The molecular weight excluding hydrogens is 326 g/mol. The second-order valence-electron chi connectivity index (χ2n) is 5.94. The molecule has 1 aromatic carbocycles. The molecule has 0 bridgehead atoms. The van der Waals surface area contributed by atoms with Gasteiger partial charge in [0.15, 0.2) is 11.5 Å². The van der Waals surface area contributed by atoms with E-state index in [1.807, 2.05) is 25.1 Å². The maximum absolute atomic E-state index is 12.4. The lowest BCUT2D eigenvalue weighted by Gasteiger charge is -2.23. The SMILES string of the molecule is CCN(Cc1ccc2c(c1)OCCO2)C(=O)CCC1NC(=O)NC1=O. The fraction of sp³-hybridized carbons (Fsp3) is 0.471. The number of hydrogen-bond acceptors (Lipinski definition) is 5. The van der Waals surface area contributed by atoms with Gasteiger partial charge in [0.05, 0.1) is 0 Å². The lowest BCUT2D eigenvalue weighted by molar-refractivity contribution is -0.132. The Balaban J connectivity index is 1.57. The highest BCUT2D eigenvalue weighted by Gasteiger charge is 2.30. The summed E-state index contributed by atoms with van der Waals surface area (Å²) in [5.41, 5.74) is 0.950. The molecule has 8 nitrogen and oxygen atoms in total. The Morgan fingerprint density at radius 3 is 2.68 bits per heavy atom. The number of rotatable bonds is 6. The molecule has 0 saturated carbocycles. The summed E-state index contributed by atoms with van der Waals surface area (Å²) in [4.78, 5) is 36.8. The summed E-state index contributed by atoms with van der Waals surface area (Å²) in [6, 6.07) is 4.50. The Kier molecular flexibility index (Phi) is 5.06. The van der Waals surface area contributed by atoms with E-state index in [4.69, 9.17) is 9.47 Å². The summed E-state index contributed by atoms with van der Waals surface area (Å²) in [7, 11) is 0. The largest absolute Gasteiger partial charge is 0.486 e. The Bertz CT molecular complexity index is 691. The lowest BCUT2D eigenvalue weighted by Crippen LogP contribution is -2.34. The smallest absolute Gasteiger partial charge is 0.322 e. The molecule has 2 aliphatic heterocycles. The molecule has 0 aromatic heterocycles. The average molecular weight is 347 g/mol. The number of nitrogens with one attached hydrogen (secondary N) is 2. The van der Waals surface area contributed by atoms with Crippen molar-refractivity contribution in [1.82, 2.24) is 15.5 Å². The van der Waals surface area contributed by atoms with Gasteiger partial charge in [0, 0.05) is 19.5 Å². The van der Waals surface area contributed by atoms with E-state index in [-0.39, 0.29) is 24.7 Å². The molecule has 3 rings (SSSR count). The molecule has 0 radical (unpaired) electrons. The van der Waals surface area contributed by atoms with Crippen LogP contribution in [0.25, 0.3) is 0 Å². The van der Waals surface area contributed by atoms with Crippen LogP contribution in [0.2, 0.25) is 0 Å². The first-order valence-corrected chi connectivity index (χ1v) is 8.34. The van der Waals surface area contributed by atoms with Crippen LogP contribution in [0.15, 0.2) is 18.2 Å². The van der Waals surface area contributed by atoms with Gasteiger partial charge in [-0.2, -0.15) is 0 Å². The van der Waals surface area contributed by atoms with Crippen molar-refractivity contribution in [2.45, 2.75) is 32.4 Å². The number of urea groups is 1. The summed E-state index contributed by atoms with van der Waals surface area (Å²) in [6.45, 7) is 3.96. The van der Waals surface area contributed by atoms with E-state index in [0.717, 1.165) is 5.56 Å². The molecule has 2 aliphatic rings. The van der Waals surface area contributed by atoms with Gasteiger partial charge in [-0.05, 0) is 31.0 Å². The predicted octanol–water partition coefficient (Wildman–Crippen LogP) is 0.794. The van der Waals surface area contributed by atoms with Gasteiger partial charge >= 0.3 is 6.03 Å². The van der Waals surface area contributed by atoms with Crippen molar-refractivity contribution in [2.75, 3.05) is 19.8 Å². The van der Waals surface area contributed by atoms with Crippen molar-refractivity contribution in [3.8, 4) is 11.5 Å². The summed E-state index contributed by atoms with van der Waals surface area (Å²) in [5.74, 6) is 0.962. The molecule has 2 heterocycles. The highest BCUT2D eigenvalue weighted by molar-refractivity contribution is 6.04. The zero-order valence-electron chi connectivity index (χ0n) is 14.0. The number of fused-ring (bicyclic) bond motifs is 1. The molecule has 1 atom stereocenters. The van der Waals surface area contributed by atoms with Crippen LogP contribution in [0, 0.1) is 0 Å². The van der Waals surface area contributed by atoms with Crippen molar-refractivity contribution >= 4 is 17.8 Å². The molecular formula is C17H21N3O5. The van der Waals surface area contributed by atoms with E-state index in [2.05, 4.69) is 10.6 Å². The van der Waals surface area contributed by atoms with Gasteiger partial charge in [-0.1, -0.05) is 6.07 Å². The Labute approximate surface area is 145 Å². The van der Waals surface area contributed by atoms with Crippen LogP contribution in [-0.4, -0.2) is 48.5 Å². The summed E-state index contributed by atoms with van der Waals surface area (Å²) in [6.07, 6.45) is 0.477. The van der Waals surface area contributed by atoms with Crippen LogP contribution >= 0.6 is 0 Å². The van der Waals surface area contributed by atoms with Crippen molar-refractivity contribution in [3.05, 3.63) is 23.8 Å². The van der Waals surface area contributed by atoms with E-state index in [1.54, 1.807) is 4.90 Å². The van der Waals surface area contributed by atoms with E-state index in [9.17, 15) is 14.4 Å². The van der Waals surface area contributed by atoms with Gasteiger partial charge in [-0.3, -0.25) is 14.9 Å².